The van der Waals surface area contributed by atoms with Crippen LogP contribution >= 0.6 is 22.9 Å². The van der Waals surface area contributed by atoms with E-state index >= 15 is 0 Å². The average Bonchev–Trinajstić information content (AvgIpc) is 3.51. The van der Waals surface area contributed by atoms with Crippen LogP contribution in [-0.4, -0.2) is 67.3 Å². The minimum Gasteiger partial charge on any atom is -0.394 e. The molecule has 4 atom stereocenters. The number of thiazole rings is 1. The Bertz CT molecular complexity index is 1490. The second-order valence-corrected chi connectivity index (χ2v) is 10.1. The van der Waals surface area contributed by atoms with Crippen molar-refractivity contribution >= 4 is 51.0 Å². The number of aliphatic hydroxyl groups is 2. The Morgan fingerprint density at radius 1 is 1.35 bits per heavy atom. The number of nitrogens with zero attached hydrogens (tertiary/aromatic N) is 6. The van der Waals surface area contributed by atoms with Crippen molar-refractivity contribution in [3.05, 3.63) is 58.4 Å². The number of rotatable bonds is 5. The van der Waals surface area contributed by atoms with Gasteiger partial charge in [-0.05, 0) is 37.3 Å². The van der Waals surface area contributed by atoms with Gasteiger partial charge in [0.1, 0.15) is 29.8 Å². The van der Waals surface area contributed by atoms with E-state index in [1.165, 1.54) is 16.8 Å². The van der Waals surface area contributed by atoms with Crippen molar-refractivity contribution in [2.24, 2.45) is 15.7 Å². The first-order valence-corrected chi connectivity index (χ1v) is 12.6. The summed E-state index contributed by atoms with van der Waals surface area (Å²) in [5, 5.41) is 30.1. The van der Waals surface area contributed by atoms with Gasteiger partial charge in [0, 0.05) is 12.0 Å². The van der Waals surface area contributed by atoms with E-state index in [1.54, 1.807) is 23.6 Å². The van der Waals surface area contributed by atoms with Crippen molar-refractivity contribution in [1.29, 1.82) is 0 Å². The Morgan fingerprint density at radius 3 is 2.95 bits per heavy atom. The summed E-state index contributed by atoms with van der Waals surface area (Å²) in [6.45, 7) is 1.50. The molecule has 1 saturated heterocycles. The number of ether oxygens (including phenoxy) is 1. The number of aliphatic imine (C=N–C) groups is 2. The maximum atomic E-state index is 14.0. The first-order chi connectivity index (χ1) is 17.9. The van der Waals surface area contributed by atoms with Gasteiger partial charge in [-0.15, -0.1) is 16.4 Å². The first-order valence-electron chi connectivity index (χ1n) is 11.4. The molecular weight excluding hydrogens is 521 g/mol. The molecule has 1 aliphatic heterocycles. The van der Waals surface area contributed by atoms with Gasteiger partial charge in [0.25, 0.3) is 0 Å². The second kappa shape index (κ2) is 10.6. The third-order valence-electron chi connectivity index (χ3n) is 6.03. The molecule has 192 valence electrons. The molecule has 2 aromatic heterocycles. The highest BCUT2D eigenvalue weighted by molar-refractivity contribution is 7.18. The van der Waals surface area contributed by atoms with Crippen LogP contribution in [0.2, 0.25) is 5.02 Å². The van der Waals surface area contributed by atoms with Crippen LogP contribution in [0, 0.1) is 12.7 Å². The summed E-state index contributed by atoms with van der Waals surface area (Å²) in [5.74, 6) is -0.300. The molecule has 0 radical (unpaired) electrons. The van der Waals surface area contributed by atoms with Gasteiger partial charge >= 0.3 is 0 Å². The van der Waals surface area contributed by atoms with Crippen LogP contribution in [-0.2, 0) is 4.74 Å². The van der Waals surface area contributed by atoms with Gasteiger partial charge < -0.3 is 20.7 Å². The number of benzene rings is 2. The van der Waals surface area contributed by atoms with Crippen molar-refractivity contribution in [2.45, 2.75) is 37.7 Å². The maximum Gasteiger partial charge on any atom is 0.159 e. The van der Waals surface area contributed by atoms with Crippen molar-refractivity contribution in [1.82, 2.24) is 20.0 Å². The number of fused-ring (bicyclic) bond motifs is 1. The lowest BCUT2D eigenvalue weighted by Gasteiger charge is -2.38. The molecule has 3 heterocycles. The topological polar surface area (TPSA) is 144 Å². The number of nitrogens with two attached hydrogens (primary N) is 1. The summed E-state index contributed by atoms with van der Waals surface area (Å²) in [5.41, 5.74) is 8.00. The van der Waals surface area contributed by atoms with Crippen LogP contribution in [0.3, 0.4) is 0 Å². The van der Waals surface area contributed by atoms with Crippen molar-refractivity contribution < 1.29 is 19.3 Å². The van der Waals surface area contributed by atoms with Gasteiger partial charge in [-0.2, -0.15) is 0 Å². The molecule has 0 aliphatic carbocycles. The van der Waals surface area contributed by atoms with Gasteiger partial charge in [-0.3, -0.25) is 0 Å². The Hall–Kier alpha value is -3.29. The van der Waals surface area contributed by atoms with E-state index in [0.29, 0.717) is 16.9 Å². The zero-order valence-corrected chi connectivity index (χ0v) is 21.1. The van der Waals surface area contributed by atoms with Crippen LogP contribution in [0.15, 0.2) is 52.6 Å². The minimum atomic E-state index is -1.10. The van der Waals surface area contributed by atoms with Crippen LogP contribution in [0.25, 0.3) is 21.5 Å². The summed E-state index contributed by atoms with van der Waals surface area (Å²) >= 11 is 7.34. The van der Waals surface area contributed by atoms with Crippen LogP contribution in [0.5, 0.6) is 0 Å². The number of aliphatic hydroxyl groups excluding tert-OH is 2. The summed E-state index contributed by atoms with van der Waals surface area (Å²) in [7, 11) is 0. The molecule has 10 nitrogen and oxygen atoms in total. The molecular formula is C24H23ClFN7O3S. The lowest BCUT2D eigenvalue weighted by Crippen LogP contribution is -2.49. The molecule has 1 fully saturated rings. The first kappa shape index (κ1) is 25.4. The third-order valence-corrected chi connectivity index (χ3v) is 7.27. The molecule has 1 aliphatic rings. The number of hydrogen-bond acceptors (Lipinski definition) is 8. The molecule has 13 heteroatoms. The van der Waals surface area contributed by atoms with E-state index in [0.717, 1.165) is 21.6 Å². The Labute approximate surface area is 219 Å². The molecule has 4 aromatic rings. The molecule has 4 unspecified atom stereocenters. The maximum absolute atomic E-state index is 14.0. The predicted octanol–water partition coefficient (Wildman–Crippen LogP) is 3.42. The molecule has 5 rings (SSSR count). The quantitative estimate of drug-likeness (QED) is 0.258. The van der Waals surface area contributed by atoms with E-state index in [1.807, 2.05) is 25.1 Å². The van der Waals surface area contributed by atoms with Crippen LogP contribution in [0.1, 0.15) is 17.5 Å². The Morgan fingerprint density at radius 2 is 2.19 bits per heavy atom. The van der Waals surface area contributed by atoms with E-state index < -0.39 is 36.8 Å². The molecule has 2 aromatic carbocycles. The van der Waals surface area contributed by atoms with Crippen LogP contribution < -0.4 is 5.73 Å². The average molecular weight is 544 g/mol. The third kappa shape index (κ3) is 5.24. The van der Waals surface area contributed by atoms with Crippen LogP contribution in [0.4, 0.5) is 10.1 Å². The molecule has 4 N–H and O–H groups in total. The van der Waals surface area contributed by atoms with Gasteiger partial charge in [-0.1, -0.05) is 22.9 Å². The zero-order valence-electron chi connectivity index (χ0n) is 19.6. The van der Waals surface area contributed by atoms with Gasteiger partial charge in [0.05, 0.1) is 51.1 Å². The SMILES string of the molecule is Cc1nc2ccc(N=C(N=CN)C3CC(n4cc(-c5ccc(Cl)c(F)c5)nn4)C(O)C(CO)O3)cc2s1. The summed E-state index contributed by atoms with van der Waals surface area (Å²) < 4.78 is 22.4. The fourth-order valence-corrected chi connectivity index (χ4v) is 5.23. The van der Waals surface area contributed by atoms with E-state index in [2.05, 4.69) is 25.3 Å². The highest BCUT2D eigenvalue weighted by Crippen LogP contribution is 2.33. The highest BCUT2D eigenvalue weighted by Gasteiger charge is 2.41. The Balaban J connectivity index is 1.46. The second-order valence-electron chi connectivity index (χ2n) is 8.49. The predicted molar refractivity (Wildman–Crippen MR) is 140 cm³/mol. The fourth-order valence-electron chi connectivity index (χ4n) is 4.25. The summed E-state index contributed by atoms with van der Waals surface area (Å²) in [6, 6.07) is 9.29. The molecule has 0 saturated carbocycles. The lowest BCUT2D eigenvalue weighted by molar-refractivity contribution is -0.137. The fraction of sp³-hybridized carbons (Fsp3) is 0.292. The Kier molecular flexibility index (Phi) is 7.26. The smallest absolute Gasteiger partial charge is 0.159 e. The normalized spacial score (nSPS) is 22.8. The van der Waals surface area contributed by atoms with E-state index in [9.17, 15) is 14.6 Å². The monoisotopic (exact) mass is 543 g/mol. The van der Waals surface area contributed by atoms with Gasteiger partial charge in [0.15, 0.2) is 5.84 Å². The van der Waals surface area contributed by atoms with Crippen molar-refractivity contribution in [3.63, 3.8) is 0 Å². The number of halogens is 2. The van der Waals surface area contributed by atoms with E-state index in [-0.39, 0.29) is 17.3 Å². The number of amidine groups is 1. The number of hydrogen-bond donors (Lipinski definition) is 3. The largest absolute Gasteiger partial charge is 0.394 e. The summed E-state index contributed by atoms with van der Waals surface area (Å²) in [6.07, 6.45) is 0.175. The van der Waals surface area contributed by atoms with Crippen molar-refractivity contribution in [2.75, 3.05) is 6.61 Å². The summed E-state index contributed by atoms with van der Waals surface area (Å²) in [4.78, 5) is 13.3. The molecule has 0 spiro atoms. The van der Waals surface area contributed by atoms with Crippen molar-refractivity contribution in [3.8, 4) is 11.3 Å². The lowest BCUT2D eigenvalue weighted by atomic mass is 9.95. The van der Waals surface area contributed by atoms with Gasteiger partial charge in [0.2, 0.25) is 0 Å². The molecule has 0 bridgehead atoms. The minimum absolute atomic E-state index is 0.00141. The number of aryl methyl sites for hydroxylation is 1. The van der Waals surface area contributed by atoms with E-state index in [4.69, 9.17) is 22.1 Å². The highest BCUT2D eigenvalue weighted by atomic mass is 35.5. The molecule has 37 heavy (non-hydrogen) atoms. The molecule has 0 amide bonds. The standard InChI is InChI=1S/C24H23ClFN7O3S/c1-12-29-17-5-3-14(7-22(17)37-12)30-24(28-11-27)20-8-19(23(35)21(10-34)36-20)33-9-18(31-32-33)13-2-4-15(25)16(26)6-13/h2-7,9,11,19-21,23,34-35H,8,10H2,1H3,(H2,27,28,30). The van der Waals surface area contributed by atoms with Gasteiger partial charge in [-0.25, -0.2) is 24.0 Å². The number of aromatic nitrogens is 4. The zero-order chi connectivity index (χ0) is 26.1.